The minimum Gasteiger partial charge on any atom is -0.463 e. The molecule has 1 aliphatic rings. The maximum atomic E-state index is 12.7. The number of aromatic nitrogens is 2. The molecule has 0 spiro atoms. The van der Waals surface area contributed by atoms with Gasteiger partial charge in [-0.15, -0.1) is 0 Å². The lowest BCUT2D eigenvalue weighted by Gasteiger charge is -2.33. The molecule has 1 fully saturated rings. The predicted molar refractivity (Wildman–Crippen MR) is 78.0 cm³/mol. The monoisotopic (exact) mass is 311 g/mol. The lowest BCUT2D eigenvalue weighted by molar-refractivity contribution is 0.0137. The van der Waals surface area contributed by atoms with Crippen molar-refractivity contribution in [3.63, 3.8) is 0 Å². The first-order chi connectivity index (χ1) is 10.3. The number of hydrogen-bond donors (Lipinski definition) is 0. The number of likely N-dealkylation sites (tertiary alicyclic amines) is 1. The number of ether oxygens (including phenoxy) is 2. The Bertz CT molecular complexity index is 502. The Morgan fingerprint density at radius 2 is 2.09 bits per heavy atom. The molecular weight excluding hydrogens is 289 g/mol. The van der Waals surface area contributed by atoms with Gasteiger partial charge in [0.25, 0.3) is 0 Å². The van der Waals surface area contributed by atoms with Crippen LogP contribution in [-0.2, 0) is 4.74 Å². The summed E-state index contributed by atoms with van der Waals surface area (Å²) in [5, 5.41) is 0. The quantitative estimate of drug-likeness (QED) is 0.858. The summed E-state index contributed by atoms with van der Waals surface area (Å²) >= 11 is 0. The van der Waals surface area contributed by atoms with Crippen molar-refractivity contribution in [1.29, 1.82) is 0 Å². The Kier molecular flexibility index (Phi) is 5.15. The summed E-state index contributed by atoms with van der Waals surface area (Å²) < 4.78 is 23.6. The molecule has 0 radical (unpaired) electrons. The highest BCUT2D eigenvalue weighted by molar-refractivity contribution is 5.68. The Morgan fingerprint density at radius 1 is 1.41 bits per heavy atom. The van der Waals surface area contributed by atoms with Crippen LogP contribution >= 0.6 is 0 Å². The van der Waals surface area contributed by atoms with E-state index in [1.807, 2.05) is 20.8 Å². The molecule has 0 bridgehead atoms. The minimum atomic E-state index is -0.499. The van der Waals surface area contributed by atoms with Crippen molar-refractivity contribution in [3.05, 3.63) is 18.2 Å². The molecule has 0 aromatic carbocycles. The van der Waals surface area contributed by atoms with Crippen molar-refractivity contribution < 1.29 is 18.7 Å². The lowest BCUT2D eigenvalue weighted by atomic mass is 9.99. The van der Waals surface area contributed by atoms with Crippen LogP contribution in [0.25, 0.3) is 0 Å². The molecule has 6 nitrogen and oxygen atoms in total. The summed E-state index contributed by atoms with van der Waals surface area (Å²) in [6.45, 7) is 7.21. The third-order valence-corrected chi connectivity index (χ3v) is 3.22. The van der Waals surface area contributed by atoms with Crippen molar-refractivity contribution >= 4 is 6.09 Å². The molecule has 0 saturated carbocycles. The Balaban J connectivity index is 1.82. The summed E-state index contributed by atoms with van der Waals surface area (Å²) in [5.74, 6) is -0.309. The molecule has 1 unspecified atom stereocenters. The zero-order chi connectivity index (χ0) is 16.2. The van der Waals surface area contributed by atoms with Crippen LogP contribution in [0, 0.1) is 11.7 Å². The summed E-state index contributed by atoms with van der Waals surface area (Å²) in [6, 6.07) is 0.149. The molecule has 1 saturated heterocycles. The molecule has 1 aromatic heterocycles. The van der Waals surface area contributed by atoms with Gasteiger partial charge in [0.15, 0.2) is 5.82 Å². The van der Waals surface area contributed by atoms with E-state index in [0.717, 1.165) is 25.2 Å². The zero-order valence-electron chi connectivity index (χ0n) is 13.2. The Hall–Kier alpha value is -1.92. The van der Waals surface area contributed by atoms with Crippen LogP contribution in [0.3, 0.4) is 0 Å². The molecule has 7 heteroatoms. The summed E-state index contributed by atoms with van der Waals surface area (Å²) in [7, 11) is 0. The van der Waals surface area contributed by atoms with Gasteiger partial charge in [-0.2, -0.15) is 0 Å². The molecule has 2 rings (SSSR count). The number of halogens is 1. The maximum Gasteiger partial charge on any atom is 0.410 e. The fourth-order valence-corrected chi connectivity index (χ4v) is 2.26. The van der Waals surface area contributed by atoms with Gasteiger partial charge in [-0.1, -0.05) is 0 Å². The van der Waals surface area contributed by atoms with Crippen LogP contribution in [0.2, 0.25) is 0 Å². The van der Waals surface area contributed by atoms with E-state index in [9.17, 15) is 9.18 Å². The fourth-order valence-electron chi connectivity index (χ4n) is 2.26. The number of nitrogens with zero attached hydrogens (tertiary/aromatic N) is 3. The van der Waals surface area contributed by atoms with Crippen molar-refractivity contribution in [2.24, 2.45) is 5.92 Å². The number of amides is 1. The second-order valence-corrected chi connectivity index (χ2v) is 6.43. The predicted octanol–water partition coefficient (Wildman–Crippen LogP) is 2.64. The second kappa shape index (κ2) is 6.89. The van der Waals surface area contributed by atoms with E-state index < -0.39 is 11.4 Å². The molecule has 1 aliphatic heterocycles. The van der Waals surface area contributed by atoms with Crippen molar-refractivity contribution in [1.82, 2.24) is 14.9 Å². The van der Waals surface area contributed by atoms with Gasteiger partial charge in [0.05, 0.1) is 19.0 Å². The van der Waals surface area contributed by atoms with E-state index in [1.54, 1.807) is 4.90 Å². The highest BCUT2D eigenvalue weighted by Gasteiger charge is 2.28. The smallest absolute Gasteiger partial charge is 0.410 e. The summed E-state index contributed by atoms with van der Waals surface area (Å²) in [4.78, 5) is 21.3. The van der Waals surface area contributed by atoms with Gasteiger partial charge in [-0.05, 0) is 33.6 Å². The van der Waals surface area contributed by atoms with Crippen LogP contribution in [0.4, 0.5) is 9.18 Å². The van der Waals surface area contributed by atoms with E-state index in [-0.39, 0.29) is 18.0 Å². The van der Waals surface area contributed by atoms with E-state index in [0.29, 0.717) is 19.7 Å². The number of piperidine rings is 1. The van der Waals surface area contributed by atoms with E-state index in [2.05, 4.69) is 9.97 Å². The highest BCUT2D eigenvalue weighted by atomic mass is 19.1. The number of carbonyl (C=O) groups excluding carboxylic acids is 1. The van der Waals surface area contributed by atoms with Gasteiger partial charge in [0.2, 0.25) is 0 Å². The number of carbonyl (C=O) groups is 1. The van der Waals surface area contributed by atoms with Crippen LogP contribution < -0.4 is 4.74 Å². The molecule has 1 atom stereocenters. The van der Waals surface area contributed by atoms with E-state index in [1.165, 1.54) is 0 Å². The molecule has 1 amide bonds. The standard InChI is InChI=1S/C15H22FN3O3/c1-15(2,3)22-14(20)19-6-4-5-11(9-19)10-21-13-17-7-12(16)8-18-13/h7-8,11H,4-6,9-10H2,1-3H3. The zero-order valence-corrected chi connectivity index (χ0v) is 13.2. The highest BCUT2D eigenvalue weighted by Crippen LogP contribution is 2.20. The number of hydrogen-bond acceptors (Lipinski definition) is 5. The van der Waals surface area contributed by atoms with Crippen LogP contribution in [0.1, 0.15) is 33.6 Å². The summed E-state index contributed by atoms with van der Waals surface area (Å²) in [5.41, 5.74) is -0.498. The number of rotatable bonds is 3. The second-order valence-electron chi connectivity index (χ2n) is 6.43. The first-order valence-corrected chi connectivity index (χ1v) is 7.42. The van der Waals surface area contributed by atoms with Crippen LogP contribution in [0.5, 0.6) is 6.01 Å². The van der Waals surface area contributed by atoms with Crippen molar-refractivity contribution in [2.75, 3.05) is 19.7 Å². The average molecular weight is 311 g/mol. The van der Waals surface area contributed by atoms with Gasteiger partial charge in [-0.25, -0.2) is 19.2 Å². The van der Waals surface area contributed by atoms with Gasteiger partial charge < -0.3 is 14.4 Å². The largest absolute Gasteiger partial charge is 0.463 e. The SMILES string of the molecule is CC(C)(C)OC(=O)N1CCCC(COc2ncc(F)cn2)C1. The van der Waals surface area contributed by atoms with Gasteiger partial charge in [-0.3, -0.25) is 0 Å². The van der Waals surface area contributed by atoms with Crippen LogP contribution in [0.15, 0.2) is 12.4 Å². The van der Waals surface area contributed by atoms with Gasteiger partial charge in [0.1, 0.15) is 5.60 Å². The normalized spacial score (nSPS) is 18.9. The molecule has 22 heavy (non-hydrogen) atoms. The first kappa shape index (κ1) is 16.5. The van der Waals surface area contributed by atoms with E-state index in [4.69, 9.17) is 9.47 Å². The maximum absolute atomic E-state index is 12.7. The third-order valence-electron chi connectivity index (χ3n) is 3.22. The lowest BCUT2D eigenvalue weighted by Crippen LogP contribution is -2.44. The molecule has 122 valence electrons. The molecule has 1 aromatic rings. The van der Waals surface area contributed by atoms with Crippen molar-refractivity contribution in [3.8, 4) is 6.01 Å². The average Bonchev–Trinajstić information content (AvgIpc) is 2.45. The van der Waals surface area contributed by atoms with Gasteiger partial charge >= 0.3 is 12.1 Å². The third kappa shape index (κ3) is 5.13. The fraction of sp³-hybridized carbons (Fsp3) is 0.667. The Labute approximate surface area is 129 Å². The molecule has 0 aliphatic carbocycles. The Morgan fingerprint density at radius 3 is 2.73 bits per heavy atom. The first-order valence-electron chi connectivity index (χ1n) is 7.42. The molecule has 2 heterocycles. The van der Waals surface area contributed by atoms with Gasteiger partial charge in [0, 0.05) is 19.0 Å². The molecule has 0 N–H and O–H groups in total. The molecular formula is C15H22FN3O3. The van der Waals surface area contributed by atoms with Crippen LogP contribution in [-0.4, -0.2) is 46.3 Å². The minimum absolute atomic E-state index is 0.149. The van der Waals surface area contributed by atoms with Crippen molar-refractivity contribution in [2.45, 2.75) is 39.2 Å². The van der Waals surface area contributed by atoms with E-state index >= 15 is 0 Å². The summed E-state index contributed by atoms with van der Waals surface area (Å²) in [6.07, 6.45) is 3.69. The topological polar surface area (TPSA) is 64.5 Å².